The zero-order valence-electron chi connectivity index (χ0n) is 11.1. The van der Waals surface area contributed by atoms with E-state index in [1.165, 1.54) is 18.6 Å². The van der Waals surface area contributed by atoms with Crippen molar-refractivity contribution < 1.29 is 13.6 Å². The third-order valence-corrected chi connectivity index (χ3v) is 2.98. The minimum absolute atomic E-state index is 0.120. The number of primary amides is 1. The molecule has 3 N–H and O–H groups in total. The fourth-order valence-corrected chi connectivity index (χ4v) is 2.00. The summed E-state index contributed by atoms with van der Waals surface area (Å²) in [6.07, 6.45) is 2.75. The highest BCUT2D eigenvalue weighted by Gasteiger charge is 2.20. The van der Waals surface area contributed by atoms with Crippen LogP contribution in [0.3, 0.4) is 0 Å². The molecule has 21 heavy (non-hydrogen) atoms. The number of amides is 1. The van der Waals surface area contributed by atoms with Gasteiger partial charge in [-0.2, -0.15) is 0 Å². The van der Waals surface area contributed by atoms with Crippen LogP contribution >= 0.6 is 0 Å². The van der Waals surface area contributed by atoms with E-state index in [2.05, 4.69) is 15.3 Å². The number of carbonyl (C=O) groups excluding carboxylic acids is 1. The van der Waals surface area contributed by atoms with Crippen molar-refractivity contribution in [2.45, 2.75) is 6.92 Å². The van der Waals surface area contributed by atoms with Gasteiger partial charge in [0.15, 0.2) is 0 Å². The summed E-state index contributed by atoms with van der Waals surface area (Å²) >= 11 is 0. The lowest BCUT2D eigenvalue weighted by Gasteiger charge is -2.07. The monoisotopic (exact) mass is 286 g/mol. The Kier molecular flexibility index (Phi) is 3.02. The first kappa shape index (κ1) is 13.0. The minimum Gasteiger partial charge on any atom is -0.430 e. The normalized spacial score (nSPS) is 10.8. The van der Waals surface area contributed by atoms with Crippen LogP contribution < -0.4 is 11.1 Å². The van der Waals surface area contributed by atoms with E-state index < -0.39 is 11.7 Å². The Bertz CT molecular complexity index is 844. The molecule has 0 saturated carbocycles. The third-order valence-electron chi connectivity index (χ3n) is 2.98. The Morgan fingerprint density at radius 1 is 1.43 bits per heavy atom. The summed E-state index contributed by atoms with van der Waals surface area (Å²) < 4.78 is 19.2. The molecule has 0 aliphatic rings. The largest absolute Gasteiger partial charge is 0.430 e. The molecule has 0 bridgehead atoms. The molecule has 0 fully saturated rings. The number of furan rings is 1. The van der Waals surface area contributed by atoms with E-state index in [1.54, 1.807) is 19.1 Å². The van der Waals surface area contributed by atoms with Crippen LogP contribution in [0.1, 0.15) is 16.1 Å². The van der Waals surface area contributed by atoms with Crippen molar-refractivity contribution in [3.05, 3.63) is 47.9 Å². The van der Waals surface area contributed by atoms with Gasteiger partial charge in [-0.3, -0.25) is 4.79 Å². The molecular weight excluding hydrogens is 275 g/mol. The first-order valence-corrected chi connectivity index (χ1v) is 6.11. The predicted octanol–water partition coefficient (Wildman–Crippen LogP) is 2.51. The number of nitrogens with two attached hydrogens (primary N) is 1. The minimum atomic E-state index is -0.775. The average molecular weight is 286 g/mol. The van der Waals surface area contributed by atoms with E-state index in [0.717, 1.165) is 5.56 Å². The molecule has 0 aliphatic heterocycles. The van der Waals surface area contributed by atoms with Gasteiger partial charge in [-0.05, 0) is 24.6 Å². The van der Waals surface area contributed by atoms with E-state index >= 15 is 0 Å². The first-order valence-electron chi connectivity index (χ1n) is 6.11. The number of carbonyl (C=O) groups is 1. The second kappa shape index (κ2) is 4.86. The van der Waals surface area contributed by atoms with Crippen molar-refractivity contribution in [1.82, 2.24) is 9.97 Å². The van der Waals surface area contributed by atoms with Crippen LogP contribution in [0.25, 0.3) is 11.1 Å². The van der Waals surface area contributed by atoms with Gasteiger partial charge in [0.25, 0.3) is 5.91 Å². The smallest absolute Gasteiger partial charge is 0.286 e. The molecule has 0 unspecified atom stereocenters. The van der Waals surface area contributed by atoms with Crippen molar-refractivity contribution in [3.63, 3.8) is 0 Å². The van der Waals surface area contributed by atoms with Crippen LogP contribution in [0.4, 0.5) is 15.8 Å². The summed E-state index contributed by atoms with van der Waals surface area (Å²) in [5.41, 5.74) is 6.72. The van der Waals surface area contributed by atoms with Crippen LogP contribution in [-0.4, -0.2) is 15.9 Å². The van der Waals surface area contributed by atoms with Crippen LogP contribution in [0.2, 0.25) is 0 Å². The second-order valence-corrected chi connectivity index (χ2v) is 4.52. The van der Waals surface area contributed by atoms with Crippen molar-refractivity contribution in [2.75, 3.05) is 5.32 Å². The molecule has 2 aromatic heterocycles. The fraction of sp³-hybridized carbons (Fsp3) is 0.0714. The maximum atomic E-state index is 13.9. The molecule has 0 radical (unpaired) electrons. The van der Waals surface area contributed by atoms with Crippen LogP contribution in [0.5, 0.6) is 0 Å². The van der Waals surface area contributed by atoms with Crippen molar-refractivity contribution in [1.29, 1.82) is 0 Å². The number of aromatic nitrogens is 2. The maximum absolute atomic E-state index is 13.9. The summed E-state index contributed by atoms with van der Waals surface area (Å²) in [5.74, 6) is -1.34. The van der Waals surface area contributed by atoms with Gasteiger partial charge >= 0.3 is 0 Å². The van der Waals surface area contributed by atoms with Gasteiger partial charge in [-0.1, -0.05) is 6.07 Å². The Balaban J connectivity index is 2.14. The molecule has 0 atom stereocenters. The molecule has 0 aliphatic carbocycles. The highest BCUT2D eigenvalue weighted by molar-refractivity contribution is 6.05. The number of halogens is 1. The van der Waals surface area contributed by atoms with Gasteiger partial charge in [0, 0.05) is 6.20 Å². The summed E-state index contributed by atoms with van der Waals surface area (Å²) in [7, 11) is 0. The Hall–Kier alpha value is -2.96. The van der Waals surface area contributed by atoms with Gasteiger partial charge in [0.2, 0.25) is 11.5 Å². The van der Waals surface area contributed by atoms with E-state index in [1.807, 2.05) is 0 Å². The summed E-state index contributed by atoms with van der Waals surface area (Å²) in [4.78, 5) is 19.2. The second-order valence-electron chi connectivity index (χ2n) is 4.52. The number of anilines is 2. The van der Waals surface area contributed by atoms with Gasteiger partial charge in [-0.15, -0.1) is 0 Å². The van der Waals surface area contributed by atoms with E-state index in [0.29, 0.717) is 5.39 Å². The molecule has 0 saturated heterocycles. The standard InChI is InChI=1S/C14H11FN4O2/c1-7-2-3-10(9(15)4-7)19-11-8-5-17-6-18-14(8)21-12(11)13(16)20/h2-6,19H,1H3,(H2,16,20). The quantitative estimate of drug-likeness (QED) is 0.771. The molecule has 3 aromatic rings. The molecule has 0 spiro atoms. The van der Waals surface area contributed by atoms with E-state index in [4.69, 9.17) is 10.2 Å². The molecule has 2 heterocycles. The number of aryl methyl sites for hydroxylation is 1. The lowest BCUT2D eigenvalue weighted by molar-refractivity contribution is 0.0977. The summed E-state index contributed by atoms with van der Waals surface area (Å²) in [6, 6.07) is 4.69. The van der Waals surface area contributed by atoms with Crippen LogP contribution in [0, 0.1) is 12.7 Å². The lowest BCUT2D eigenvalue weighted by Crippen LogP contribution is -2.11. The van der Waals surface area contributed by atoms with Crippen molar-refractivity contribution in [2.24, 2.45) is 5.73 Å². The number of rotatable bonds is 3. The van der Waals surface area contributed by atoms with Gasteiger partial charge in [-0.25, -0.2) is 14.4 Å². The molecule has 6 nitrogen and oxygen atoms in total. The zero-order chi connectivity index (χ0) is 15.0. The number of hydrogen-bond donors (Lipinski definition) is 2. The Labute approximate surface area is 118 Å². The number of fused-ring (bicyclic) bond motifs is 1. The lowest BCUT2D eigenvalue weighted by atomic mass is 10.2. The Morgan fingerprint density at radius 3 is 2.95 bits per heavy atom. The maximum Gasteiger partial charge on any atom is 0.286 e. The predicted molar refractivity (Wildman–Crippen MR) is 74.7 cm³/mol. The molecule has 106 valence electrons. The summed E-state index contributed by atoms with van der Waals surface area (Å²) in [6.45, 7) is 1.78. The Morgan fingerprint density at radius 2 is 2.24 bits per heavy atom. The number of hydrogen-bond acceptors (Lipinski definition) is 5. The van der Waals surface area contributed by atoms with Gasteiger partial charge in [0.05, 0.1) is 11.1 Å². The van der Waals surface area contributed by atoms with Crippen molar-refractivity contribution >= 4 is 28.4 Å². The number of benzene rings is 1. The molecular formula is C14H11FN4O2. The number of nitrogens with one attached hydrogen (secondary N) is 1. The topological polar surface area (TPSA) is 94.0 Å². The molecule has 3 rings (SSSR count). The third kappa shape index (κ3) is 2.29. The van der Waals surface area contributed by atoms with Crippen LogP contribution in [0.15, 0.2) is 35.1 Å². The average Bonchev–Trinajstić information content (AvgIpc) is 2.81. The first-order chi connectivity index (χ1) is 10.1. The number of nitrogens with zero attached hydrogens (tertiary/aromatic N) is 2. The van der Waals surface area contributed by atoms with Crippen LogP contribution in [-0.2, 0) is 0 Å². The zero-order valence-corrected chi connectivity index (χ0v) is 11.1. The molecule has 1 amide bonds. The van der Waals surface area contributed by atoms with Crippen molar-refractivity contribution in [3.8, 4) is 0 Å². The fourth-order valence-electron chi connectivity index (χ4n) is 2.00. The highest BCUT2D eigenvalue weighted by atomic mass is 19.1. The van der Waals surface area contributed by atoms with Gasteiger partial charge < -0.3 is 15.5 Å². The SMILES string of the molecule is Cc1ccc(Nc2c(C(N)=O)oc3ncncc23)c(F)c1. The molecule has 1 aromatic carbocycles. The highest BCUT2D eigenvalue weighted by Crippen LogP contribution is 2.32. The molecule has 7 heteroatoms. The van der Waals surface area contributed by atoms with E-state index in [9.17, 15) is 9.18 Å². The van der Waals surface area contributed by atoms with Gasteiger partial charge in [0.1, 0.15) is 17.8 Å². The van der Waals surface area contributed by atoms with E-state index in [-0.39, 0.29) is 22.8 Å². The summed E-state index contributed by atoms with van der Waals surface area (Å²) in [5, 5.41) is 3.27.